The molecule has 0 fully saturated rings. The highest BCUT2D eigenvalue weighted by Gasteiger charge is 2.39. The van der Waals surface area contributed by atoms with Gasteiger partial charge in [-0.3, -0.25) is 14.5 Å². The van der Waals surface area contributed by atoms with Crippen LogP contribution in [0.25, 0.3) is 5.57 Å². The van der Waals surface area contributed by atoms with Gasteiger partial charge in [-0.2, -0.15) is 0 Å². The average molecular weight is 415 g/mol. The number of amides is 2. The lowest BCUT2D eigenvalue weighted by Gasteiger charge is -2.15. The molecule has 0 aromatic heterocycles. The number of hydrogen-bond acceptors (Lipinski definition) is 5. The number of thioether (sulfide) groups is 1. The van der Waals surface area contributed by atoms with Crippen LogP contribution < -0.4 is 4.74 Å². The topological polar surface area (TPSA) is 66.8 Å². The molecule has 1 aliphatic rings. The highest BCUT2D eigenvalue weighted by Crippen LogP contribution is 2.37. The lowest BCUT2D eigenvalue weighted by molar-refractivity contribution is -0.137. The Bertz CT molecular complexity index is 927. The number of halogens is 1. The predicted molar refractivity (Wildman–Crippen MR) is 111 cm³/mol. The van der Waals surface area contributed by atoms with Gasteiger partial charge in [-0.1, -0.05) is 37.3 Å². The van der Waals surface area contributed by atoms with Gasteiger partial charge in [0.2, 0.25) is 0 Å². The molecule has 2 aromatic carbocycles. The van der Waals surface area contributed by atoms with Crippen molar-refractivity contribution in [3.63, 3.8) is 0 Å². The molecule has 0 saturated heterocycles. The molecular formula is C22H22FNO4S. The molecule has 0 aliphatic carbocycles. The smallest absolute Gasteiger partial charge is 0.268 e. The molecule has 152 valence electrons. The number of imide groups is 1. The molecule has 2 amide bonds. The molecule has 7 heteroatoms. The number of aliphatic hydroxyl groups is 1. The minimum absolute atomic E-state index is 0.125. The van der Waals surface area contributed by atoms with Crippen molar-refractivity contribution in [1.82, 2.24) is 4.90 Å². The summed E-state index contributed by atoms with van der Waals surface area (Å²) in [4.78, 5) is 27.3. The molecule has 1 aliphatic heterocycles. The highest BCUT2D eigenvalue weighted by atomic mass is 32.2. The van der Waals surface area contributed by atoms with Crippen molar-refractivity contribution in [2.45, 2.75) is 19.9 Å². The zero-order valence-electron chi connectivity index (χ0n) is 16.1. The van der Waals surface area contributed by atoms with Crippen molar-refractivity contribution in [3.05, 3.63) is 70.4 Å². The molecule has 3 rings (SSSR count). The highest BCUT2D eigenvalue weighted by molar-refractivity contribution is 8.04. The minimum Gasteiger partial charge on any atom is -0.494 e. The third kappa shape index (κ3) is 4.68. The lowest BCUT2D eigenvalue weighted by Crippen LogP contribution is -2.31. The summed E-state index contributed by atoms with van der Waals surface area (Å²) < 4.78 is 19.6. The Labute approximate surface area is 173 Å². The first kappa shape index (κ1) is 21.1. The average Bonchev–Trinajstić information content (AvgIpc) is 2.96. The summed E-state index contributed by atoms with van der Waals surface area (Å²) >= 11 is 1.13. The van der Waals surface area contributed by atoms with Crippen molar-refractivity contribution in [3.8, 4) is 5.75 Å². The second-order valence-electron chi connectivity index (χ2n) is 6.44. The second kappa shape index (κ2) is 9.71. The summed E-state index contributed by atoms with van der Waals surface area (Å²) in [6, 6.07) is 13.0. The zero-order valence-corrected chi connectivity index (χ0v) is 16.9. The quantitative estimate of drug-likeness (QED) is 0.634. The Balaban J connectivity index is 1.91. The van der Waals surface area contributed by atoms with E-state index in [2.05, 4.69) is 0 Å². The van der Waals surface area contributed by atoms with Gasteiger partial charge in [-0.15, -0.1) is 11.8 Å². The van der Waals surface area contributed by atoms with Crippen molar-refractivity contribution in [1.29, 1.82) is 0 Å². The number of carbonyl (C=O) groups excluding carboxylic acids is 2. The van der Waals surface area contributed by atoms with Crippen molar-refractivity contribution in [2.24, 2.45) is 0 Å². The maximum atomic E-state index is 14.0. The van der Waals surface area contributed by atoms with Gasteiger partial charge in [-0.05, 0) is 30.2 Å². The SMILES string of the molecule is CCCOc1ccc(C2=C(SCCO)C(=O)N(Cc3ccccc3F)C2=O)cc1. The van der Waals surface area contributed by atoms with E-state index < -0.39 is 17.6 Å². The Kier molecular flexibility index (Phi) is 7.06. The van der Waals surface area contributed by atoms with E-state index in [0.717, 1.165) is 23.1 Å². The van der Waals surface area contributed by atoms with E-state index in [1.54, 1.807) is 42.5 Å². The van der Waals surface area contributed by atoms with Gasteiger partial charge < -0.3 is 9.84 Å². The van der Waals surface area contributed by atoms with Crippen molar-refractivity contribution >= 4 is 29.1 Å². The Morgan fingerprint density at radius 2 is 1.79 bits per heavy atom. The number of hydrogen-bond donors (Lipinski definition) is 1. The minimum atomic E-state index is -0.474. The summed E-state index contributed by atoms with van der Waals surface area (Å²) in [5.74, 6) is -0.452. The summed E-state index contributed by atoms with van der Waals surface area (Å²) in [7, 11) is 0. The molecule has 1 N–H and O–H groups in total. The number of nitrogens with zero attached hydrogens (tertiary/aromatic N) is 1. The van der Waals surface area contributed by atoms with Gasteiger partial charge in [0.15, 0.2) is 0 Å². The van der Waals surface area contributed by atoms with Crippen LogP contribution in [0.1, 0.15) is 24.5 Å². The third-order valence-electron chi connectivity index (χ3n) is 4.37. The first-order chi connectivity index (χ1) is 14.1. The molecule has 29 heavy (non-hydrogen) atoms. The fraction of sp³-hybridized carbons (Fsp3) is 0.273. The van der Waals surface area contributed by atoms with E-state index in [0.29, 0.717) is 17.9 Å². The van der Waals surface area contributed by atoms with Crippen LogP contribution in [0.4, 0.5) is 4.39 Å². The zero-order chi connectivity index (χ0) is 20.8. The van der Waals surface area contributed by atoms with E-state index in [9.17, 15) is 19.1 Å². The van der Waals surface area contributed by atoms with E-state index in [-0.39, 0.29) is 34.9 Å². The summed E-state index contributed by atoms with van der Waals surface area (Å²) in [6.45, 7) is 2.33. The normalized spacial score (nSPS) is 14.1. The first-order valence-electron chi connectivity index (χ1n) is 9.37. The molecule has 0 unspecified atom stereocenters. The molecule has 0 atom stereocenters. The van der Waals surface area contributed by atoms with Crippen LogP contribution in [0, 0.1) is 5.82 Å². The molecule has 0 spiro atoms. The second-order valence-corrected chi connectivity index (χ2v) is 7.54. The molecule has 5 nitrogen and oxygen atoms in total. The Morgan fingerprint density at radius 3 is 2.45 bits per heavy atom. The predicted octanol–water partition coefficient (Wildman–Crippen LogP) is 3.62. The molecule has 1 heterocycles. The van der Waals surface area contributed by atoms with Crippen LogP contribution in [0.5, 0.6) is 5.75 Å². The van der Waals surface area contributed by atoms with E-state index in [4.69, 9.17) is 4.74 Å². The Morgan fingerprint density at radius 1 is 1.07 bits per heavy atom. The van der Waals surface area contributed by atoms with Crippen LogP contribution in [-0.4, -0.2) is 40.8 Å². The molecular weight excluding hydrogens is 393 g/mol. The van der Waals surface area contributed by atoms with E-state index in [1.165, 1.54) is 6.07 Å². The molecule has 0 saturated carbocycles. The molecule has 2 aromatic rings. The number of benzene rings is 2. The fourth-order valence-electron chi connectivity index (χ4n) is 2.97. The van der Waals surface area contributed by atoms with Crippen LogP contribution >= 0.6 is 11.8 Å². The standard InChI is InChI=1S/C22H22FNO4S/c1-2-12-28-17-9-7-15(8-10-17)19-20(29-13-11-25)22(27)24(21(19)26)14-16-5-3-4-6-18(16)23/h3-10,25H,2,11-14H2,1H3. The summed E-state index contributed by atoms with van der Waals surface area (Å²) in [5.41, 5.74) is 1.13. The van der Waals surface area contributed by atoms with Crippen molar-refractivity contribution < 1.29 is 23.8 Å². The molecule has 0 bridgehead atoms. The summed E-state index contributed by atoms with van der Waals surface area (Å²) in [6.07, 6.45) is 0.882. The fourth-order valence-corrected chi connectivity index (χ4v) is 3.85. The largest absolute Gasteiger partial charge is 0.494 e. The van der Waals surface area contributed by atoms with Gasteiger partial charge in [-0.25, -0.2) is 4.39 Å². The van der Waals surface area contributed by atoms with Crippen LogP contribution in [0.2, 0.25) is 0 Å². The lowest BCUT2D eigenvalue weighted by atomic mass is 10.1. The van der Waals surface area contributed by atoms with Crippen LogP contribution in [0.3, 0.4) is 0 Å². The van der Waals surface area contributed by atoms with Gasteiger partial charge in [0.1, 0.15) is 11.6 Å². The Hall–Kier alpha value is -2.64. The van der Waals surface area contributed by atoms with Crippen LogP contribution in [0.15, 0.2) is 53.4 Å². The third-order valence-corrected chi connectivity index (χ3v) is 5.42. The first-order valence-corrected chi connectivity index (χ1v) is 10.4. The summed E-state index contributed by atoms with van der Waals surface area (Å²) in [5, 5.41) is 9.17. The molecule has 0 radical (unpaired) electrons. The van der Waals surface area contributed by atoms with Gasteiger partial charge in [0, 0.05) is 11.3 Å². The van der Waals surface area contributed by atoms with Crippen molar-refractivity contribution in [2.75, 3.05) is 19.0 Å². The van der Waals surface area contributed by atoms with E-state index >= 15 is 0 Å². The van der Waals surface area contributed by atoms with Crippen LogP contribution in [-0.2, 0) is 16.1 Å². The number of rotatable bonds is 9. The number of ether oxygens (including phenoxy) is 1. The number of aliphatic hydroxyl groups excluding tert-OH is 1. The van der Waals surface area contributed by atoms with Gasteiger partial charge in [0.05, 0.1) is 30.2 Å². The van der Waals surface area contributed by atoms with Gasteiger partial charge >= 0.3 is 0 Å². The number of carbonyl (C=O) groups is 2. The maximum absolute atomic E-state index is 14.0. The van der Waals surface area contributed by atoms with E-state index in [1.807, 2.05) is 6.92 Å². The maximum Gasteiger partial charge on any atom is 0.268 e. The van der Waals surface area contributed by atoms with Gasteiger partial charge in [0.25, 0.3) is 11.8 Å². The monoisotopic (exact) mass is 415 g/mol.